The van der Waals surface area contributed by atoms with Crippen LogP contribution in [0.1, 0.15) is 67.7 Å². The number of aromatic hydroxyl groups is 1. The molecule has 1 heterocycles. The smallest absolute Gasteiger partial charge is 0.255 e. The van der Waals surface area contributed by atoms with Crippen molar-refractivity contribution in [1.29, 1.82) is 5.26 Å². The number of unbranched alkanes of at least 4 members (excludes halogenated alkanes) is 1. The molecule has 5 rings (SSSR count). The summed E-state index contributed by atoms with van der Waals surface area (Å²) in [5.41, 5.74) is 5.06. The summed E-state index contributed by atoms with van der Waals surface area (Å²) in [7, 11) is 0. The molecule has 0 aliphatic carbocycles. The molecule has 0 fully saturated rings. The van der Waals surface area contributed by atoms with E-state index < -0.39 is 5.41 Å². The maximum absolute atomic E-state index is 13.1. The predicted molar refractivity (Wildman–Crippen MR) is 183 cm³/mol. The normalized spacial score (nSPS) is 11.6. The number of hydrogen-bond donors (Lipinski definition) is 2. The average Bonchev–Trinajstić information content (AvgIpc) is 3.43. The number of nitrogens with one attached hydrogen (secondary N) is 1. The highest BCUT2D eigenvalue weighted by atomic mass is 16.3. The van der Waals surface area contributed by atoms with E-state index in [1.54, 1.807) is 66.7 Å². The van der Waals surface area contributed by atoms with Crippen molar-refractivity contribution in [2.45, 2.75) is 52.4 Å². The maximum Gasteiger partial charge on any atom is 0.255 e. The fourth-order valence-corrected chi connectivity index (χ4v) is 4.74. The van der Waals surface area contributed by atoms with Gasteiger partial charge in [-0.1, -0.05) is 64.4 Å². The molecule has 0 aliphatic rings. The minimum Gasteiger partial charge on any atom is -0.492 e. The number of nitrogens with zero attached hydrogens (tertiary/aromatic N) is 7. The van der Waals surface area contributed by atoms with E-state index in [-0.39, 0.29) is 17.5 Å². The molecule has 1 aromatic heterocycles. The van der Waals surface area contributed by atoms with Crippen molar-refractivity contribution in [3.05, 3.63) is 119 Å². The van der Waals surface area contributed by atoms with Crippen LogP contribution in [0.15, 0.2) is 118 Å². The Balaban J connectivity index is 1.49. The molecule has 0 spiro atoms. The van der Waals surface area contributed by atoms with Gasteiger partial charge in [0.15, 0.2) is 5.69 Å². The number of carbonyl (C=O) groups is 1. The number of hydrogen-bond acceptors (Lipinski definition) is 8. The van der Waals surface area contributed by atoms with E-state index in [2.05, 4.69) is 50.9 Å². The van der Waals surface area contributed by atoms with Crippen molar-refractivity contribution in [3.8, 4) is 17.6 Å². The van der Waals surface area contributed by atoms with Crippen LogP contribution in [0.4, 0.5) is 28.4 Å². The molecule has 10 heteroatoms. The summed E-state index contributed by atoms with van der Waals surface area (Å²) < 4.78 is 1.48. The quantitative estimate of drug-likeness (QED) is 0.149. The highest BCUT2D eigenvalue weighted by Gasteiger charge is 2.28. The fourth-order valence-electron chi connectivity index (χ4n) is 4.74. The summed E-state index contributed by atoms with van der Waals surface area (Å²) in [6, 6.07) is 30.6. The molecule has 0 bridgehead atoms. The molecule has 0 radical (unpaired) electrons. The Bertz CT molecular complexity index is 1950. The van der Waals surface area contributed by atoms with Gasteiger partial charge in [0.2, 0.25) is 5.88 Å². The molecule has 236 valence electrons. The SMILES string of the molecule is CCCCc1ccc(-n2nc(C(C)(C)C)c(N=Nc3ccc(N=Nc4ccc(C#N)cc4)c(NC(=O)c4ccccc4)c3)c2O)cc1. The first-order chi connectivity index (χ1) is 22.7. The van der Waals surface area contributed by atoms with Crippen molar-refractivity contribution in [3.63, 3.8) is 0 Å². The zero-order valence-corrected chi connectivity index (χ0v) is 26.8. The second-order valence-electron chi connectivity index (χ2n) is 12.0. The number of aromatic nitrogens is 2. The van der Waals surface area contributed by atoms with E-state index in [9.17, 15) is 9.90 Å². The second kappa shape index (κ2) is 14.4. The number of aryl methyl sites for hydroxylation is 1. The van der Waals surface area contributed by atoms with E-state index >= 15 is 0 Å². The molecule has 5 aromatic rings. The van der Waals surface area contributed by atoms with E-state index in [4.69, 9.17) is 10.4 Å². The second-order valence-corrected chi connectivity index (χ2v) is 12.0. The Hall–Kier alpha value is -5.95. The van der Waals surface area contributed by atoms with Gasteiger partial charge < -0.3 is 10.4 Å². The summed E-state index contributed by atoms with van der Waals surface area (Å²) in [6.45, 7) is 8.16. The molecule has 47 heavy (non-hydrogen) atoms. The number of azo groups is 2. The standard InChI is InChI=1S/C37H36N8O2/c1-5-6-10-25-15-20-30(21-16-25)45-36(47)33(34(44-45)37(2,3)4)43-41-29-19-22-31(42-40-28-17-13-26(24-38)14-18-28)32(23-29)39-35(46)27-11-8-7-9-12-27/h7-9,11-23,47H,5-6,10H2,1-4H3,(H,39,46). The fraction of sp³-hybridized carbons (Fsp3) is 0.216. The van der Waals surface area contributed by atoms with Gasteiger partial charge in [-0.3, -0.25) is 4.79 Å². The van der Waals surface area contributed by atoms with Gasteiger partial charge in [0, 0.05) is 11.0 Å². The van der Waals surface area contributed by atoms with Gasteiger partial charge in [-0.05, 0) is 85.1 Å². The third kappa shape index (κ3) is 8.02. The van der Waals surface area contributed by atoms with Gasteiger partial charge >= 0.3 is 0 Å². The average molecular weight is 625 g/mol. The van der Waals surface area contributed by atoms with Gasteiger partial charge in [-0.2, -0.15) is 25.3 Å². The molecule has 10 nitrogen and oxygen atoms in total. The first kappa shape index (κ1) is 32.4. The lowest BCUT2D eigenvalue weighted by molar-refractivity contribution is 0.102. The molecule has 1 amide bonds. The minimum atomic E-state index is -0.442. The lowest BCUT2D eigenvalue weighted by atomic mass is 9.91. The minimum absolute atomic E-state index is 0.120. The summed E-state index contributed by atoms with van der Waals surface area (Å²) in [4.78, 5) is 13.1. The van der Waals surface area contributed by atoms with Crippen molar-refractivity contribution < 1.29 is 9.90 Å². The van der Waals surface area contributed by atoms with Crippen LogP contribution in [0, 0.1) is 11.3 Å². The van der Waals surface area contributed by atoms with Gasteiger partial charge in [-0.15, -0.1) is 10.2 Å². The summed E-state index contributed by atoms with van der Waals surface area (Å²) in [5.74, 6) is -0.449. The molecule has 4 aromatic carbocycles. The Morgan fingerprint density at radius 1 is 0.894 bits per heavy atom. The lowest BCUT2D eigenvalue weighted by Crippen LogP contribution is -2.13. The van der Waals surface area contributed by atoms with E-state index in [0.717, 1.165) is 24.9 Å². The van der Waals surface area contributed by atoms with Crippen molar-refractivity contribution in [2.24, 2.45) is 20.5 Å². The number of benzene rings is 4. The molecular weight excluding hydrogens is 588 g/mol. The van der Waals surface area contributed by atoms with Crippen LogP contribution < -0.4 is 5.32 Å². The van der Waals surface area contributed by atoms with Gasteiger partial charge in [0.1, 0.15) is 5.69 Å². The number of carbonyl (C=O) groups excluding carboxylic acids is 1. The maximum atomic E-state index is 13.1. The molecule has 0 atom stereocenters. The lowest BCUT2D eigenvalue weighted by Gasteiger charge is -2.15. The van der Waals surface area contributed by atoms with E-state index in [1.165, 1.54) is 10.2 Å². The molecule has 0 aliphatic heterocycles. The van der Waals surface area contributed by atoms with Crippen LogP contribution in [0.2, 0.25) is 0 Å². The summed E-state index contributed by atoms with van der Waals surface area (Å²) >= 11 is 0. The Morgan fingerprint density at radius 3 is 2.23 bits per heavy atom. The largest absolute Gasteiger partial charge is 0.492 e. The molecule has 0 saturated heterocycles. The number of amides is 1. The third-order valence-electron chi connectivity index (χ3n) is 7.35. The Labute approximate surface area is 274 Å². The Morgan fingerprint density at radius 2 is 1.57 bits per heavy atom. The highest BCUT2D eigenvalue weighted by Crippen LogP contribution is 2.41. The van der Waals surface area contributed by atoms with Gasteiger partial charge in [-0.25, -0.2) is 0 Å². The van der Waals surface area contributed by atoms with Crippen LogP contribution in [0.3, 0.4) is 0 Å². The van der Waals surface area contributed by atoms with E-state index in [1.807, 2.05) is 39.0 Å². The Kier molecular flexibility index (Phi) is 9.96. The number of anilines is 1. The van der Waals surface area contributed by atoms with Gasteiger partial charge in [0.25, 0.3) is 5.91 Å². The van der Waals surface area contributed by atoms with Crippen LogP contribution >= 0.6 is 0 Å². The predicted octanol–water partition coefficient (Wildman–Crippen LogP) is 10.2. The van der Waals surface area contributed by atoms with Crippen molar-refractivity contribution in [2.75, 3.05) is 5.32 Å². The van der Waals surface area contributed by atoms with Crippen LogP contribution in [0.5, 0.6) is 5.88 Å². The number of nitriles is 1. The summed E-state index contributed by atoms with van der Waals surface area (Å²) in [5, 5.41) is 45.6. The van der Waals surface area contributed by atoms with Crippen LogP contribution in [-0.2, 0) is 11.8 Å². The van der Waals surface area contributed by atoms with Crippen LogP contribution in [-0.4, -0.2) is 20.8 Å². The number of rotatable bonds is 10. The molecule has 2 N–H and O–H groups in total. The van der Waals surface area contributed by atoms with Gasteiger partial charge in [0.05, 0.1) is 40.1 Å². The highest BCUT2D eigenvalue weighted by molar-refractivity contribution is 6.05. The summed E-state index contributed by atoms with van der Waals surface area (Å²) in [6.07, 6.45) is 3.24. The van der Waals surface area contributed by atoms with Crippen molar-refractivity contribution >= 4 is 34.3 Å². The third-order valence-corrected chi connectivity index (χ3v) is 7.35. The molecule has 0 unspecified atom stereocenters. The first-order valence-corrected chi connectivity index (χ1v) is 15.4. The molecular formula is C37H36N8O2. The van der Waals surface area contributed by atoms with Crippen LogP contribution in [0.25, 0.3) is 5.69 Å². The first-order valence-electron chi connectivity index (χ1n) is 15.4. The van der Waals surface area contributed by atoms with E-state index in [0.29, 0.717) is 39.6 Å². The van der Waals surface area contributed by atoms with Crippen molar-refractivity contribution in [1.82, 2.24) is 9.78 Å². The topological polar surface area (TPSA) is 140 Å². The zero-order valence-electron chi connectivity index (χ0n) is 26.8. The monoisotopic (exact) mass is 624 g/mol. The zero-order chi connectivity index (χ0) is 33.4. The molecule has 0 saturated carbocycles.